The first kappa shape index (κ1) is 37.5. The van der Waals surface area contributed by atoms with Crippen LogP contribution < -0.4 is 20.7 Å². The monoisotopic (exact) mass is 730 g/mol. The molecule has 52 heavy (non-hydrogen) atoms. The Labute approximate surface area is 298 Å². The number of rotatable bonds is 9. The van der Waals surface area contributed by atoms with Crippen molar-refractivity contribution in [3.05, 3.63) is 80.3 Å². The van der Waals surface area contributed by atoms with Crippen molar-refractivity contribution >= 4 is 23.2 Å². The van der Waals surface area contributed by atoms with Gasteiger partial charge in [-0.1, -0.05) is 12.1 Å². The number of carbonyl (C=O) groups excluding carboxylic acids is 2. The summed E-state index contributed by atoms with van der Waals surface area (Å²) in [5.74, 6) is -6.42. The van der Waals surface area contributed by atoms with Crippen molar-refractivity contribution in [1.29, 1.82) is 0 Å². The van der Waals surface area contributed by atoms with Gasteiger partial charge in [-0.2, -0.15) is 22.0 Å². The van der Waals surface area contributed by atoms with Gasteiger partial charge in [-0.05, 0) is 105 Å². The summed E-state index contributed by atoms with van der Waals surface area (Å²) in [4.78, 5) is 46.1. The van der Waals surface area contributed by atoms with Gasteiger partial charge in [0.2, 0.25) is 5.91 Å². The molecule has 0 bridgehead atoms. The van der Waals surface area contributed by atoms with Gasteiger partial charge in [-0.25, -0.2) is 0 Å². The predicted octanol–water partition coefficient (Wildman–Crippen LogP) is 6.49. The summed E-state index contributed by atoms with van der Waals surface area (Å²) in [5.41, 5.74) is 3.25. The molecule has 4 heterocycles. The van der Waals surface area contributed by atoms with E-state index in [0.717, 1.165) is 24.1 Å². The maximum atomic E-state index is 14.6. The first-order chi connectivity index (χ1) is 24.6. The smallest absolute Gasteiger partial charge is 0.381 e. The van der Waals surface area contributed by atoms with Gasteiger partial charge in [0.25, 0.3) is 11.5 Å². The number of fused-ring (bicyclic) bond motifs is 2. The number of benzene rings is 2. The van der Waals surface area contributed by atoms with E-state index in [1.165, 1.54) is 6.07 Å². The molecule has 0 radical (unpaired) electrons. The molecule has 9 nitrogen and oxygen atoms in total. The number of halogens is 5. The molecule has 0 unspecified atom stereocenters. The zero-order valence-electron chi connectivity index (χ0n) is 29.6. The Balaban J connectivity index is 1.46. The van der Waals surface area contributed by atoms with Gasteiger partial charge < -0.3 is 29.6 Å². The number of amides is 2. The van der Waals surface area contributed by atoms with Crippen LogP contribution in [0.25, 0.3) is 11.1 Å². The summed E-state index contributed by atoms with van der Waals surface area (Å²) in [6, 6.07) is 10.3. The van der Waals surface area contributed by atoms with Crippen molar-refractivity contribution in [1.82, 2.24) is 10.3 Å². The van der Waals surface area contributed by atoms with Gasteiger partial charge >= 0.3 is 12.1 Å². The van der Waals surface area contributed by atoms with Gasteiger partial charge in [0.05, 0.1) is 12.0 Å². The Kier molecular flexibility index (Phi) is 10.3. The van der Waals surface area contributed by atoms with Crippen LogP contribution in [0.15, 0.2) is 41.2 Å². The molecule has 6 rings (SSSR count). The molecule has 2 fully saturated rings. The topological polar surface area (TPSA) is 104 Å². The Bertz CT molecular complexity index is 1910. The van der Waals surface area contributed by atoms with E-state index in [-0.39, 0.29) is 49.9 Å². The molecule has 2 aromatic carbocycles. The number of nitrogens with one attached hydrogen (secondary N) is 2. The van der Waals surface area contributed by atoms with Crippen LogP contribution in [0.3, 0.4) is 0 Å². The van der Waals surface area contributed by atoms with Crippen LogP contribution in [0.4, 0.5) is 33.3 Å². The van der Waals surface area contributed by atoms with Crippen molar-refractivity contribution in [2.45, 2.75) is 83.5 Å². The third-order valence-electron chi connectivity index (χ3n) is 10.7. The molecular formula is C38H43F5N4O5. The second-order valence-corrected chi connectivity index (χ2v) is 13.9. The average Bonchev–Trinajstić information content (AvgIpc) is 3.30. The van der Waals surface area contributed by atoms with Gasteiger partial charge in [0, 0.05) is 73.8 Å². The third kappa shape index (κ3) is 6.82. The van der Waals surface area contributed by atoms with Crippen LogP contribution in [0.2, 0.25) is 0 Å². The molecule has 2 amide bonds. The first-order valence-electron chi connectivity index (χ1n) is 17.5. The van der Waals surface area contributed by atoms with Gasteiger partial charge in [0.15, 0.2) is 0 Å². The van der Waals surface area contributed by atoms with Gasteiger partial charge in [-0.15, -0.1) is 0 Å². The number of anilines is 2. The van der Waals surface area contributed by atoms with E-state index < -0.39 is 35.9 Å². The second kappa shape index (κ2) is 14.3. The highest BCUT2D eigenvalue weighted by Gasteiger charge is 2.61. The van der Waals surface area contributed by atoms with Crippen LogP contribution in [0.1, 0.15) is 70.9 Å². The number of aryl methyl sites for hydroxylation is 2. The summed E-state index contributed by atoms with van der Waals surface area (Å²) in [5, 5.41) is 2.88. The summed E-state index contributed by atoms with van der Waals surface area (Å²) in [7, 11) is 0. The van der Waals surface area contributed by atoms with Crippen LogP contribution >= 0.6 is 0 Å². The molecule has 2 saturated heterocycles. The minimum absolute atomic E-state index is 0.0210. The Hall–Kier alpha value is -4.30. The van der Waals surface area contributed by atoms with E-state index in [9.17, 15) is 36.3 Å². The number of alkyl halides is 5. The molecule has 3 aliphatic heterocycles. The lowest BCUT2D eigenvalue weighted by atomic mass is 9.75. The zero-order valence-corrected chi connectivity index (χ0v) is 29.6. The lowest BCUT2D eigenvalue weighted by Crippen LogP contribution is -2.51. The van der Waals surface area contributed by atoms with E-state index in [1.807, 2.05) is 26.0 Å². The molecular weight excluding hydrogens is 687 g/mol. The highest BCUT2D eigenvalue weighted by Crippen LogP contribution is 2.51. The van der Waals surface area contributed by atoms with Crippen molar-refractivity contribution in [2.24, 2.45) is 0 Å². The van der Waals surface area contributed by atoms with Crippen LogP contribution in [-0.2, 0) is 26.2 Å². The maximum absolute atomic E-state index is 14.6. The molecule has 14 heteroatoms. The molecule has 0 atom stereocenters. The van der Waals surface area contributed by atoms with E-state index in [4.69, 9.17) is 9.47 Å². The first-order valence-corrected chi connectivity index (χ1v) is 17.5. The van der Waals surface area contributed by atoms with Crippen molar-refractivity contribution < 1.29 is 41.0 Å². The number of H-pyrrole nitrogens is 1. The minimum atomic E-state index is -5.86. The van der Waals surface area contributed by atoms with Gasteiger partial charge in [0.1, 0.15) is 0 Å². The average molecular weight is 731 g/mol. The summed E-state index contributed by atoms with van der Waals surface area (Å²) in [6.45, 7) is 7.55. The number of carbonyl (C=O) groups is 2. The lowest BCUT2D eigenvalue weighted by molar-refractivity contribution is -0.276. The van der Waals surface area contributed by atoms with Gasteiger partial charge in [-0.3, -0.25) is 14.4 Å². The number of aromatic nitrogens is 1. The SMILES string of the molecule is CCN(c1cc(-c2ccc3c(c2)N(CC(F)(F)C(F)(F)F)C(=O)C32CCOCC2)cc(C(=O)NCc2c(C)cc(C)[nH]c2=O)c1C)C1CCOCC1. The summed E-state index contributed by atoms with van der Waals surface area (Å²) in [6.07, 6.45) is -4.07. The minimum Gasteiger partial charge on any atom is -0.381 e. The summed E-state index contributed by atoms with van der Waals surface area (Å²) >= 11 is 0. The second-order valence-electron chi connectivity index (χ2n) is 13.9. The lowest BCUT2D eigenvalue weighted by Gasteiger charge is -2.37. The molecule has 0 aliphatic carbocycles. The quantitative estimate of drug-likeness (QED) is 0.244. The van der Waals surface area contributed by atoms with E-state index in [2.05, 4.69) is 15.2 Å². The predicted molar refractivity (Wildman–Crippen MR) is 186 cm³/mol. The molecule has 1 spiro atoms. The fourth-order valence-corrected chi connectivity index (χ4v) is 7.86. The molecule has 3 aliphatic rings. The largest absolute Gasteiger partial charge is 0.455 e. The zero-order chi connectivity index (χ0) is 37.6. The molecule has 280 valence electrons. The van der Waals surface area contributed by atoms with E-state index >= 15 is 0 Å². The molecule has 0 saturated carbocycles. The number of nitrogens with zero attached hydrogens (tertiary/aromatic N) is 2. The van der Waals surface area contributed by atoms with E-state index in [0.29, 0.717) is 63.7 Å². The summed E-state index contributed by atoms with van der Waals surface area (Å²) < 4.78 is 80.7. The van der Waals surface area contributed by atoms with Crippen molar-refractivity contribution in [3.63, 3.8) is 0 Å². The number of aromatic amines is 1. The Morgan fingerprint density at radius 3 is 2.27 bits per heavy atom. The molecule has 2 N–H and O–H groups in total. The highest BCUT2D eigenvalue weighted by molar-refractivity contribution is 6.09. The Morgan fingerprint density at radius 1 is 0.962 bits per heavy atom. The van der Waals surface area contributed by atoms with E-state index in [1.54, 1.807) is 32.0 Å². The van der Waals surface area contributed by atoms with Crippen molar-refractivity contribution in [3.8, 4) is 11.1 Å². The van der Waals surface area contributed by atoms with Crippen LogP contribution in [-0.4, -0.2) is 74.5 Å². The Morgan fingerprint density at radius 2 is 1.63 bits per heavy atom. The fourth-order valence-electron chi connectivity index (χ4n) is 7.86. The van der Waals surface area contributed by atoms with Crippen LogP contribution in [0.5, 0.6) is 0 Å². The molecule has 1 aromatic heterocycles. The van der Waals surface area contributed by atoms with Crippen LogP contribution in [0, 0.1) is 20.8 Å². The molecule has 3 aromatic rings. The number of hydrogen-bond donors (Lipinski definition) is 2. The number of ether oxygens (including phenoxy) is 2. The highest BCUT2D eigenvalue weighted by atomic mass is 19.4. The fraction of sp³-hybridized carbons (Fsp3) is 0.500. The number of pyridine rings is 1. The van der Waals surface area contributed by atoms with Crippen molar-refractivity contribution in [2.75, 3.05) is 49.3 Å². The third-order valence-corrected chi connectivity index (χ3v) is 10.7. The number of hydrogen-bond acceptors (Lipinski definition) is 6. The standard InChI is InChI=1S/C38H43F5N4O5/c1-5-46(27-8-12-51-13-9-27)31-19-26(17-28(24(31)4)33(48)44-20-29-22(2)16-23(3)45-34(29)49)25-6-7-30-32(18-25)47(21-37(39,40)38(41,42)43)35(50)36(30)10-14-52-15-11-36/h6-7,16-19,27H,5,8-15,20-21H2,1-4H3,(H,44,48)(H,45,49). The normalized spacial score (nSPS) is 17.8. The maximum Gasteiger partial charge on any atom is 0.455 e.